The fourth-order valence-corrected chi connectivity index (χ4v) is 5.21. The van der Waals surface area contributed by atoms with Crippen LogP contribution in [0.2, 0.25) is 0 Å². The average Bonchev–Trinajstić information content (AvgIpc) is 2.73. The number of primary sulfonamides is 1. The molecule has 3 N–H and O–H groups in total. The molecule has 1 fully saturated rings. The summed E-state index contributed by atoms with van der Waals surface area (Å²) in [5.41, 5.74) is 0.445. The number of hydrogen-bond donors (Lipinski definition) is 2. The molecule has 162 valence electrons. The van der Waals surface area contributed by atoms with Crippen LogP contribution in [0, 0.1) is 5.92 Å². The minimum Gasteiger partial charge on any atom is -0.497 e. The molecule has 0 bridgehead atoms. The maximum atomic E-state index is 12.8. The molecule has 0 radical (unpaired) electrons. The number of nitrogens with zero attached hydrogens (tertiary/aromatic N) is 1. The number of rotatable bonds is 6. The van der Waals surface area contributed by atoms with Crippen LogP contribution in [0.3, 0.4) is 0 Å². The number of nitrogens with two attached hydrogens (primary N) is 1. The van der Waals surface area contributed by atoms with Crippen LogP contribution >= 0.6 is 0 Å². The van der Waals surface area contributed by atoms with Crippen molar-refractivity contribution in [2.45, 2.75) is 22.6 Å². The van der Waals surface area contributed by atoms with Gasteiger partial charge >= 0.3 is 0 Å². The number of carbonyl (C=O) groups is 1. The molecule has 1 heterocycles. The molecule has 0 aliphatic carbocycles. The van der Waals surface area contributed by atoms with Crippen molar-refractivity contribution in [1.29, 1.82) is 0 Å². The van der Waals surface area contributed by atoms with Crippen molar-refractivity contribution in [3.05, 3.63) is 48.5 Å². The lowest BCUT2D eigenvalue weighted by atomic mass is 9.97. The summed E-state index contributed by atoms with van der Waals surface area (Å²) in [5.74, 6) is -0.00786. The summed E-state index contributed by atoms with van der Waals surface area (Å²) in [6.45, 7) is 0.466. The highest BCUT2D eigenvalue weighted by Crippen LogP contribution is 2.26. The number of ether oxygens (including phenoxy) is 1. The number of hydrogen-bond acceptors (Lipinski definition) is 6. The molecule has 2 aromatic rings. The van der Waals surface area contributed by atoms with Gasteiger partial charge in [-0.05, 0) is 61.4 Å². The molecule has 11 heteroatoms. The monoisotopic (exact) mass is 453 g/mol. The first-order chi connectivity index (χ1) is 14.1. The van der Waals surface area contributed by atoms with Crippen molar-refractivity contribution >= 4 is 31.6 Å². The van der Waals surface area contributed by atoms with Gasteiger partial charge in [-0.2, -0.15) is 4.31 Å². The fraction of sp³-hybridized carbons (Fsp3) is 0.316. The van der Waals surface area contributed by atoms with E-state index in [0.717, 1.165) is 0 Å². The Hall–Kier alpha value is -2.47. The van der Waals surface area contributed by atoms with Crippen LogP contribution < -0.4 is 15.2 Å². The van der Waals surface area contributed by atoms with Gasteiger partial charge in [0.05, 0.1) is 16.9 Å². The summed E-state index contributed by atoms with van der Waals surface area (Å²) in [4.78, 5) is 12.6. The lowest BCUT2D eigenvalue weighted by molar-refractivity contribution is -0.120. The van der Waals surface area contributed by atoms with Crippen molar-refractivity contribution in [2.24, 2.45) is 11.1 Å². The van der Waals surface area contributed by atoms with E-state index in [-0.39, 0.29) is 34.7 Å². The first-order valence-corrected chi connectivity index (χ1v) is 12.2. The lowest BCUT2D eigenvalue weighted by Gasteiger charge is -2.30. The number of amides is 1. The number of anilines is 1. The Balaban J connectivity index is 1.59. The van der Waals surface area contributed by atoms with E-state index in [2.05, 4.69) is 5.32 Å². The Morgan fingerprint density at radius 1 is 0.967 bits per heavy atom. The standard InChI is InChI=1S/C19H23N3O6S2/c1-28-16-4-8-18(9-5-16)30(26,27)22-12-10-14(11-13-22)19(23)21-15-2-6-17(7-3-15)29(20,24)25/h2-9,14H,10-13H2,1H3,(H,21,23)(H2,20,24,25). The van der Waals surface area contributed by atoms with E-state index < -0.39 is 20.0 Å². The first kappa shape index (κ1) is 22.2. The average molecular weight is 454 g/mol. The molecule has 3 rings (SSSR count). The third-order valence-electron chi connectivity index (χ3n) is 4.97. The maximum absolute atomic E-state index is 12.8. The van der Waals surface area contributed by atoms with Crippen LogP contribution in [0.5, 0.6) is 5.75 Å². The second kappa shape index (κ2) is 8.72. The second-order valence-electron chi connectivity index (χ2n) is 6.91. The normalized spacial score (nSPS) is 16.2. The summed E-state index contributed by atoms with van der Waals surface area (Å²) >= 11 is 0. The van der Waals surface area contributed by atoms with Gasteiger partial charge in [-0.15, -0.1) is 0 Å². The number of methoxy groups -OCH3 is 1. The topological polar surface area (TPSA) is 136 Å². The zero-order chi connectivity index (χ0) is 21.9. The van der Waals surface area contributed by atoms with Gasteiger partial charge in [-0.25, -0.2) is 22.0 Å². The molecule has 1 aliphatic heterocycles. The molecule has 1 amide bonds. The van der Waals surface area contributed by atoms with E-state index in [9.17, 15) is 21.6 Å². The van der Waals surface area contributed by atoms with Gasteiger partial charge in [-0.1, -0.05) is 0 Å². The van der Waals surface area contributed by atoms with Crippen molar-refractivity contribution < 1.29 is 26.4 Å². The van der Waals surface area contributed by atoms with E-state index in [1.54, 1.807) is 12.1 Å². The van der Waals surface area contributed by atoms with Gasteiger partial charge in [0.25, 0.3) is 0 Å². The summed E-state index contributed by atoms with van der Waals surface area (Å²) < 4.78 is 54.6. The fourth-order valence-electron chi connectivity index (χ4n) is 3.23. The molecule has 1 saturated heterocycles. The Bertz CT molecular complexity index is 1110. The molecule has 1 aliphatic rings. The van der Waals surface area contributed by atoms with Crippen LogP contribution in [0.15, 0.2) is 58.3 Å². The lowest BCUT2D eigenvalue weighted by Crippen LogP contribution is -2.41. The summed E-state index contributed by atoms with van der Waals surface area (Å²) in [6, 6.07) is 11.7. The Kier molecular flexibility index (Phi) is 6.46. The molecular weight excluding hydrogens is 430 g/mol. The first-order valence-electron chi connectivity index (χ1n) is 9.19. The van der Waals surface area contributed by atoms with Gasteiger partial charge in [0.15, 0.2) is 0 Å². The van der Waals surface area contributed by atoms with Gasteiger partial charge in [0.1, 0.15) is 5.75 Å². The number of sulfonamides is 2. The van der Waals surface area contributed by atoms with Crippen LogP contribution in [-0.2, 0) is 24.8 Å². The molecule has 2 aromatic carbocycles. The zero-order valence-electron chi connectivity index (χ0n) is 16.3. The highest BCUT2D eigenvalue weighted by Gasteiger charge is 2.32. The molecule has 0 spiro atoms. The highest BCUT2D eigenvalue weighted by atomic mass is 32.2. The van der Waals surface area contributed by atoms with E-state index >= 15 is 0 Å². The zero-order valence-corrected chi connectivity index (χ0v) is 17.9. The van der Waals surface area contributed by atoms with Gasteiger partial charge < -0.3 is 10.1 Å². The van der Waals surface area contributed by atoms with Crippen molar-refractivity contribution in [1.82, 2.24) is 4.31 Å². The van der Waals surface area contributed by atoms with E-state index in [1.807, 2.05) is 0 Å². The largest absolute Gasteiger partial charge is 0.497 e. The molecule has 30 heavy (non-hydrogen) atoms. The predicted molar refractivity (Wildman–Crippen MR) is 111 cm³/mol. The van der Waals surface area contributed by atoms with Gasteiger partial charge in [0.2, 0.25) is 26.0 Å². The minimum absolute atomic E-state index is 0.0439. The maximum Gasteiger partial charge on any atom is 0.243 e. The van der Waals surface area contributed by atoms with Crippen LogP contribution in [-0.4, -0.2) is 47.2 Å². The third kappa shape index (κ3) is 4.98. The van der Waals surface area contributed by atoms with Crippen molar-refractivity contribution in [2.75, 3.05) is 25.5 Å². The van der Waals surface area contributed by atoms with Crippen LogP contribution in [0.25, 0.3) is 0 Å². The molecular formula is C19H23N3O6S2. The molecule has 9 nitrogen and oxygen atoms in total. The van der Waals surface area contributed by atoms with Crippen LogP contribution in [0.4, 0.5) is 5.69 Å². The van der Waals surface area contributed by atoms with E-state index in [1.165, 1.54) is 47.8 Å². The Morgan fingerprint density at radius 2 is 1.50 bits per heavy atom. The van der Waals surface area contributed by atoms with E-state index in [4.69, 9.17) is 9.88 Å². The minimum atomic E-state index is -3.80. The second-order valence-corrected chi connectivity index (χ2v) is 10.4. The summed E-state index contributed by atoms with van der Waals surface area (Å²) in [5, 5.41) is 7.79. The molecule has 0 saturated carbocycles. The third-order valence-corrected chi connectivity index (χ3v) is 7.81. The van der Waals surface area contributed by atoms with Crippen molar-refractivity contribution in [3.63, 3.8) is 0 Å². The number of carbonyl (C=O) groups excluding carboxylic acids is 1. The molecule has 0 atom stereocenters. The van der Waals surface area contributed by atoms with E-state index in [0.29, 0.717) is 24.3 Å². The SMILES string of the molecule is COc1ccc(S(=O)(=O)N2CCC(C(=O)Nc3ccc(S(N)(=O)=O)cc3)CC2)cc1. The van der Waals surface area contributed by atoms with Gasteiger partial charge in [0, 0.05) is 24.7 Å². The Morgan fingerprint density at radius 3 is 2.00 bits per heavy atom. The highest BCUT2D eigenvalue weighted by molar-refractivity contribution is 7.89. The number of nitrogens with one attached hydrogen (secondary N) is 1. The van der Waals surface area contributed by atoms with Crippen molar-refractivity contribution in [3.8, 4) is 5.75 Å². The molecule has 0 unspecified atom stereocenters. The molecule has 0 aromatic heterocycles. The summed E-state index contributed by atoms with van der Waals surface area (Å²) in [6.07, 6.45) is 0.771. The van der Waals surface area contributed by atoms with Crippen LogP contribution in [0.1, 0.15) is 12.8 Å². The quantitative estimate of drug-likeness (QED) is 0.678. The Labute approximate surface area is 175 Å². The predicted octanol–water partition coefficient (Wildman–Crippen LogP) is 1.38. The summed E-state index contributed by atoms with van der Waals surface area (Å²) in [7, 11) is -5.93. The smallest absolute Gasteiger partial charge is 0.243 e. The number of benzene rings is 2. The van der Waals surface area contributed by atoms with Gasteiger partial charge in [-0.3, -0.25) is 4.79 Å². The number of piperidine rings is 1.